The minimum atomic E-state index is -2.57. The standard InChI is InChI=1S/C22H23IN2O7/c1-24-21(31)15-18(28)16(25(2)3)10-7-8-6-9-11(23)4-5-12(26)14(9)17(27)13(8)19(29)22(10,32)20(15)30/h4-5,8,10,16,26-27,30,32H,6-7H2,1-3H3,(H,24,31)/t8-,10-,16-,22-/m1/s1. The molecule has 1 amide bonds. The van der Waals surface area contributed by atoms with E-state index in [1.54, 1.807) is 20.2 Å². The first kappa shape index (κ1) is 22.7. The Hall–Kier alpha value is -2.44. The van der Waals surface area contributed by atoms with E-state index in [0.717, 1.165) is 3.57 Å². The number of likely N-dealkylation sites (N-methyl/N-ethyl adjacent to an activating group) is 2. The summed E-state index contributed by atoms with van der Waals surface area (Å²) < 4.78 is 0.794. The summed E-state index contributed by atoms with van der Waals surface area (Å²) in [4.78, 5) is 40.7. The first-order valence-electron chi connectivity index (χ1n) is 10.0. The molecule has 3 aliphatic rings. The third-order valence-corrected chi connectivity index (χ3v) is 7.77. The number of ketones is 2. The first-order chi connectivity index (χ1) is 15.0. The number of Topliss-reactive ketones (excluding diaryl/α,β-unsaturated/α-hetero) is 2. The zero-order chi connectivity index (χ0) is 23.7. The quantitative estimate of drug-likeness (QED) is 0.267. The summed E-state index contributed by atoms with van der Waals surface area (Å²) in [6, 6.07) is 2.07. The Morgan fingerprint density at radius 2 is 1.88 bits per heavy atom. The van der Waals surface area contributed by atoms with Crippen LogP contribution in [0.25, 0.3) is 5.76 Å². The summed E-state index contributed by atoms with van der Waals surface area (Å²) in [6.07, 6.45) is 0.410. The first-order valence-corrected chi connectivity index (χ1v) is 11.1. The number of benzene rings is 1. The van der Waals surface area contributed by atoms with Gasteiger partial charge in [0.1, 0.15) is 22.8 Å². The Balaban J connectivity index is 1.99. The predicted molar refractivity (Wildman–Crippen MR) is 122 cm³/mol. The highest BCUT2D eigenvalue weighted by Gasteiger charge is 2.64. The number of carbonyl (C=O) groups excluding carboxylic acids is 3. The van der Waals surface area contributed by atoms with E-state index in [-0.39, 0.29) is 23.3 Å². The highest BCUT2D eigenvalue weighted by Crippen LogP contribution is 2.52. The Bertz CT molecular complexity index is 1140. The van der Waals surface area contributed by atoms with E-state index < -0.39 is 58.0 Å². The molecular formula is C22H23IN2O7. The molecule has 10 heteroatoms. The van der Waals surface area contributed by atoms with Gasteiger partial charge >= 0.3 is 0 Å². The van der Waals surface area contributed by atoms with Crippen LogP contribution in [0.1, 0.15) is 17.5 Å². The van der Waals surface area contributed by atoms with Crippen LogP contribution in [-0.2, 0) is 20.8 Å². The van der Waals surface area contributed by atoms with Crippen LogP contribution in [-0.4, -0.2) is 75.6 Å². The van der Waals surface area contributed by atoms with Crippen molar-refractivity contribution in [3.63, 3.8) is 0 Å². The van der Waals surface area contributed by atoms with Gasteiger partial charge in [0.15, 0.2) is 11.4 Å². The molecule has 1 aromatic carbocycles. The molecule has 1 saturated carbocycles. The molecule has 0 aromatic heterocycles. The molecule has 0 bridgehead atoms. The molecule has 0 radical (unpaired) electrons. The third-order valence-electron chi connectivity index (χ3n) is 6.75. The molecule has 0 heterocycles. The normalized spacial score (nSPS) is 29.6. The topological polar surface area (TPSA) is 147 Å². The number of aliphatic hydroxyl groups is 3. The lowest BCUT2D eigenvalue weighted by atomic mass is 9.57. The second-order valence-corrected chi connectivity index (χ2v) is 9.76. The fourth-order valence-electron chi connectivity index (χ4n) is 5.31. The molecule has 1 aromatic rings. The van der Waals surface area contributed by atoms with Crippen LogP contribution < -0.4 is 5.32 Å². The number of carbonyl (C=O) groups is 3. The predicted octanol–water partition coefficient (Wildman–Crippen LogP) is 0.829. The third kappa shape index (κ3) is 2.85. The van der Waals surface area contributed by atoms with Gasteiger partial charge in [-0.15, -0.1) is 0 Å². The second kappa shape index (κ2) is 7.56. The maximum atomic E-state index is 13.7. The summed E-state index contributed by atoms with van der Waals surface area (Å²) in [5.74, 6) is -5.83. The van der Waals surface area contributed by atoms with Gasteiger partial charge < -0.3 is 25.7 Å². The van der Waals surface area contributed by atoms with E-state index in [4.69, 9.17) is 0 Å². The van der Waals surface area contributed by atoms with Crippen LogP contribution >= 0.6 is 22.6 Å². The van der Waals surface area contributed by atoms with Gasteiger partial charge in [0.05, 0.1) is 11.6 Å². The van der Waals surface area contributed by atoms with E-state index >= 15 is 0 Å². The molecule has 1 fully saturated rings. The number of hydrogen-bond donors (Lipinski definition) is 5. The van der Waals surface area contributed by atoms with Crippen LogP contribution in [0.3, 0.4) is 0 Å². The molecule has 4 rings (SSSR count). The molecule has 9 nitrogen and oxygen atoms in total. The van der Waals surface area contributed by atoms with Crippen LogP contribution in [0.15, 0.2) is 29.0 Å². The number of aromatic hydroxyl groups is 1. The fraction of sp³-hybridized carbons (Fsp3) is 0.409. The largest absolute Gasteiger partial charge is 0.508 e. The molecule has 3 aliphatic carbocycles. The summed E-state index contributed by atoms with van der Waals surface area (Å²) in [5, 5.41) is 46.1. The van der Waals surface area contributed by atoms with Crippen LogP contribution in [0.2, 0.25) is 0 Å². The number of nitrogens with zero attached hydrogens (tertiary/aromatic N) is 1. The van der Waals surface area contributed by atoms with Crippen molar-refractivity contribution >= 4 is 45.8 Å². The fourth-order valence-corrected chi connectivity index (χ4v) is 5.98. The highest BCUT2D eigenvalue weighted by molar-refractivity contribution is 14.1. The molecule has 0 unspecified atom stereocenters. The van der Waals surface area contributed by atoms with Crippen molar-refractivity contribution in [3.05, 3.63) is 43.7 Å². The van der Waals surface area contributed by atoms with Gasteiger partial charge in [-0.25, -0.2) is 0 Å². The molecular weight excluding hydrogens is 531 g/mol. The summed E-state index contributed by atoms with van der Waals surface area (Å²) >= 11 is 2.08. The van der Waals surface area contributed by atoms with Crippen molar-refractivity contribution in [1.29, 1.82) is 0 Å². The highest BCUT2D eigenvalue weighted by atomic mass is 127. The van der Waals surface area contributed by atoms with Gasteiger partial charge in [-0.3, -0.25) is 19.3 Å². The minimum absolute atomic E-state index is 0.104. The number of aliphatic hydroxyl groups excluding tert-OH is 2. The van der Waals surface area contributed by atoms with Crippen LogP contribution in [0.5, 0.6) is 5.75 Å². The van der Waals surface area contributed by atoms with E-state index in [1.165, 1.54) is 18.0 Å². The van der Waals surface area contributed by atoms with Gasteiger partial charge in [0.2, 0.25) is 5.78 Å². The van der Waals surface area contributed by atoms with E-state index in [2.05, 4.69) is 27.9 Å². The van der Waals surface area contributed by atoms with Gasteiger partial charge in [-0.1, -0.05) is 0 Å². The lowest BCUT2D eigenvalue weighted by Gasteiger charge is -2.50. The Morgan fingerprint density at radius 1 is 1.22 bits per heavy atom. The van der Waals surface area contributed by atoms with Crippen molar-refractivity contribution in [3.8, 4) is 5.75 Å². The van der Waals surface area contributed by atoms with Gasteiger partial charge in [0.25, 0.3) is 5.91 Å². The van der Waals surface area contributed by atoms with Crippen molar-refractivity contribution < 1.29 is 34.8 Å². The van der Waals surface area contributed by atoms with Crippen LogP contribution in [0.4, 0.5) is 0 Å². The molecule has 5 N–H and O–H groups in total. The molecule has 170 valence electrons. The molecule has 0 saturated heterocycles. The smallest absolute Gasteiger partial charge is 0.258 e. The SMILES string of the molecule is CNC(=O)C1=C(O)[C@]2(O)C(=O)C3=C(O)c4c(O)ccc(I)c4C[C@@H]3C[C@@H]2[C@@H](N(C)C)C1=O. The number of hydrogen-bond acceptors (Lipinski definition) is 8. The minimum Gasteiger partial charge on any atom is -0.508 e. The second-order valence-electron chi connectivity index (χ2n) is 8.60. The molecule has 4 atom stereocenters. The maximum Gasteiger partial charge on any atom is 0.258 e. The van der Waals surface area contributed by atoms with E-state index in [0.29, 0.717) is 12.0 Å². The number of fused-ring (bicyclic) bond motifs is 3. The average molecular weight is 554 g/mol. The zero-order valence-electron chi connectivity index (χ0n) is 17.6. The number of phenols is 1. The Kier molecular flexibility index (Phi) is 5.37. The number of phenolic OH excluding ortho intramolecular Hbond substituents is 1. The van der Waals surface area contributed by atoms with Crippen molar-refractivity contribution in [2.45, 2.75) is 24.5 Å². The number of halogens is 1. The van der Waals surface area contributed by atoms with E-state index in [1.807, 2.05) is 0 Å². The Morgan fingerprint density at radius 3 is 2.47 bits per heavy atom. The number of nitrogens with one attached hydrogen (secondary N) is 1. The molecule has 32 heavy (non-hydrogen) atoms. The lowest BCUT2D eigenvalue weighted by Crippen LogP contribution is -2.65. The summed E-state index contributed by atoms with van der Waals surface area (Å²) in [6.45, 7) is 0. The number of amides is 1. The maximum absolute atomic E-state index is 13.7. The van der Waals surface area contributed by atoms with E-state index in [9.17, 15) is 34.8 Å². The summed E-state index contributed by atoms with van der Waals surface area (Å²) in [7, 11) is 4.46. The molecule has 0 aliphatic heterocycles. The monoisotopic (exact) mass is 554 g/mol. The average Bonchev–Trinajstić information content (AvgIpc) is 2.73. The van der Waals surface area contributed by atoms with Crippen molar-refractivity contribution in [1.82, 2.24) is 10.2 Å². The van der Waals surface area contributed by atoms with Crippen molar-refractivity contribution in [2.75, 3.05) is 21.1 Å². The van der Waals surface area contributed by atoms with Gasteiger partial charge in [0, 0.05) is 22.1 Å². The lowest BCUT2D eigenvalue weighted by molar-refractivity contribution is -0.153. The number of rotatable bonds is 2. The Labute approximate surface area is 197 Å². The molecule has 0 spiro atoms. The van der Waals surface area contributed by atoms with Gasteiger partial charge in [-0.2, -0.15) is 0 Å². The summed E-state index contributed by atoms with van der Waals surface area (Å²) in [5.41, 5.74) is -2.58. The zero-order valence-corrected chi connectivity index (χ0v) is 19.8. The van der Waals surface area contributed by atoms with Crippen molar-refractivity contribution in [2.24, 2.45) is 11.8 Å². The van der Waals surface area contributed by atoms with Gasteiger partial charge in [-0.05, 0) is 73.1 Å². The van der Waals surface area contributed by atoms with Crippen LogP contribution in [0, 0.1) is 15.4 Å².